The topological polar surface area (TPSA) is 58.6 Å². The highest BCUT2D eigenvalue weighted by Crippen LogP contribution is 1.99. The maximum atomic E-state index is 11.8. The van der Waals surface area contributed by atoms with Crippen LogP contribution in [0.3, 0.4) is 0 Å². The van der Waals surface area contributed by atoms with Crippen molar-refractivity contribution in [3.8, 4) is 0 Å². The summed E-state index contributed by atoms with van der Waals surface area (Å²) in [6.07, 6.45) is 0. The predicted octanol–water partition coefficient (Wildman–Crippen LogP) is 0.162. The van der Waals surface area contributed by atoms with Gasteiger partial charge in [-0.1, -0.05) is 30.3 Å². The maximum absolute atomic E-state index is 11.8. The van der Waals surface area contributed by atoms with E-state index in [1.54, 1.807) is 0 Å². The highest BCUT2D eigenvalue weighted by molar-refractivity contribution is 6.34. The molecule has 1 fully saturated rings. The van der Waals surface area contributed by atoms with Crippen molar-refractivity contribution in [2.24, 2.45) is 0 Å². The van der Waals surface area contributed by atoms with Crippen molar-refractivity contribution in [2.75, 3.05) is 26.3 Å². The number of morpholine rings is 1. The van der Waals surface area contributed by atoms with Crippen molar-refractivity contribution in [1.82, 2.24) is 10.2 Å². The summed E-state index contributed by atoms with van der Waals surface area (Å²) in [6, 6.07) is 9.50. The molecule has 1 heterocycles. The number of nitrogens with one attached hydrogen (secondary N) is 1. The largest absolute Gasteiger partial charge is 0.378 e. The van der Waals surface area contributed by atoms with E-state index < -0.39 is 11.8 Å². The highest BCUT2D eigenvalue weighted by Gasteiger charge is 2.23. The lowest BCUT2D eigenvalue weighted by molar-refractivity contribution is -0.148. The van der Waals surface area contributed by atoms with E-state index in [0.29, 0.717) is 32.8 Å². The monoisotopic (exact) mass is 248 g/mol. The minimum atomic E-state index is -0.555. The van der Waals surface area contributed by atoms with Gasteiger partial charge in [-0.05, 0) is 5.56 Å². The van der Waals surface area contributed by atoms with E-state index in [2.05, 4.69) is 5.32 Å². The summed E-state index contributed by atoms with van der Waals surface area (Å²) in [7, 11) is 0. The van der Waals surface area contributed by atoms with Crippen LogP contribution in [-0.2, 0) is 20.9 Å². The molecule has 0 radical (unpaired) electrons. The van der Waals surface area contributed by atoms with Crippen molar-refractivity contribution in [3.05, 3.63) is 35.9 Å². The number of rotatable bonds is 2. The molecule has 1 aromatic carbocycles. The Morgan fingerprint density at radius 3 is 2.50 bits per heavy atom. The second-order valence-corrected chi connectivity index (χ2v) is 4.07. The van der Waals surface area contributed by atoms with Gasteiger partial charge in [0, 0.05) is 19.6 Å². The Bertz CT molecular complexity index is 414. The Balaban J connectivity index is 1.82. The number of hydrogen-bond acceptors (Lipinski definition) is 3. The third kappa shape index (κ3) is 3.30. The fraction of sp³-hybridized carbons (Fsp3) is 0.385. The van der Waals surface area contributed by atoms with Crippen LogP contribution in [0.2, 0.25) is 0 Å². The van der Waals surface area contributed by atoms with Crippen LogP contribution in [0.25, 0.3) is 0 Å². The molecule has 0 atom stereocenters. The van der Waals surface area contributed by atoms with Gasteiger partial charge in [0.05, 0.1) is 13.2 Å². The van der Waals surface area contributed by atoms with E-state index in [1.165, 1.54) is 4.90 Å². The van der Waals surface area contributed by atoms with E-state index in [1.807, 2.05) is 30.3 Å². The smallest absolute Gasteiger partial charge is 0.312 e. The molecule has 1 aliphatic heterocycles. The van der Waals surface area contributed by atoms with E-state index in [4.69, 9.17) is 4.74 Å². The summed E-state index contributed by atoms with van der Waals surface area (Å²) >= 11 is 0. The molecule has 0 unspecified atom stereocenters. The molecular weight excluding hydrogens is 232 g/mol. The van der Waals surface area contributed by atoms with Crippen LogP contribution < -0.4 is 5.32 Å². The van der Waals surface area contributed by atoms with Crippen LogP contribution in [0.1, 0.15) is 5.56 Å². The van der Waals surface area contributed by atoms with Crippen molar-refractivity contribution in [1.29, 1.82) is 0 Å². The summed E-state index contributed by atoms with van der Waals surface area (Å²) < 4.78 is 5.13. The lowest BCUT2D eigenvalue weighted by Gasteiger charge is -2.26. The summed E-state index contributed by atoms with van der Waals surface area (Å²) in [4.78, 5) is 25.0. The Morgan fingerprint density at radius 2 is 1.83 bits per heavy atom. The summed E-state index contributed by atoms with van der Waals surface area (Å²) in [5, 5.41) is 2.63. The third-order valence-corrected chi connectivity index (χ3v) is 2.79. The molecule has 2 rings (SSSR count). The minimum Gasteiger partial charge on any atom is -0.378 e. The zero-order chi connectivity index (χ0) is 12.8. The van der Waals surface area contributed by atoms with Gasteiger partial charge in [-0.3, -0.25) is 9.59 Å². The van der Waals surface area contributed by atoms with Crippen LogP contribution in [0.4, 0.5) is 0 Å². The van der Waals surface area contributed by atoms with Gasteiger partial charge in [0.25, 0.3) is 0 Å². The maximum Gasteiger partial charge on any atom is 0.312 e. The molecule has 1 saturated heterocycles. The number of hydrogen-bond donors (Lipinski definition) is 1. The fourth-order valence-electron chi connectivity index (χ4n) is 1.76. The van der Waals surface area contributed by atoms with Crippen LogP contribution in [0.5, 0.6) is 0 Å². The van der Waals surface area contributed by atoms with Gasteiger partial charge in [0.2, 0.25) is 0 Å². The van der Waals surface area contributed by atoms with Gasteiger partial charge < -0.3 is 15.0 Å². The summed E-state index contributed by atoms with van der Waals surface area (Å²) in [6.45, 7) is 2.33. The molecule has 0 bridgehead atoms. The Morgan fingerprint density at radius 1 is 1.17 bits per heavy atom. The van der Waals surface area contributed by atoms with Gasteiger partial charge in [0.15, 0.2) is 0 Å². The highest BCUT2D eigenvalue weighted by atomic mass is 16.5. The normalized spacial score (nSPS) is 15.2. The lowest BCUT2D eigenvalue weighted by atomic mass is 10.2. The van der Waals surface area contributed by atoms with Crippen LogP contribution in [-0.4, -0.2) is 43.0 Å². The molecule has 2 amide bonds. The number of carbonyl (C=O) groups excluding carboxylic acids is 2. The quantitative estimate of drug-likeness (QED) is 0.759. The molecule has 0 aromatic heterocycles. The summed E-state index contributed by atoms with van der Waals surface area (Å²) in [5.41, 5.74) is 0.973. The summed E-state index contributed by atoms with van der Waals surface area (Å²) in [5.74, 6) is -1.03. The van der Waals surface area contributed by atoms with Gasteiger partial charge >= 0.3 is 11.8 Å². The van der Waals surface area contributed by atoms with Crippen molar-refractivity contribution < 1.29 is 14.3 Å². The van der Waals surface area contributed by atoms with E-state index in [0.717, 1.165) is 5.56 Å². The number of amides is 2. The lowest BCUT2D eigenvalue weighted by Crippen LogP contribution is -2.47. The molecular formula is C13H16N2O3. The molecule has 96 valence electrons. The van der Waals surface area contributed by atoms with E-state index >= 15 is 0 Å². The van der Waals surface area contributed by atoms with Gasteiger partial charge in [0.1, 0.15) is 0 Å². The SMILES string of the molecule is O=C(NCc1ccccc1)C(=O)N1CCOCC1. The second-order valence-electron chi connectivity index (χ2n) is 4.07. The first-order valence-corrected chi connectivity index (χ1v) is 5.96. The first-order chi connectivity index (χ1) is 8.77. The first kappa shape index (κ1) is 12.6. The van der Waals surface area contributed by atoms with Gasteiger partial charge in [-0.15, -0.1) is 0 Å². The Kier molecular flexibility index (Phi) is 4.30. The van der Waals surface area contributed by atoms with Crippen molar-refractivity contribution in [2.45, 2.75) is 6.54 Å². The van der Waals surface area contributed by atoms with Crippen LogP contribution >= 0.6 is 0 Å². The molecule has 0 spiro atoms. The van der Waals surface area contributed by atoms with Crippen LogP contribution in [0, 0.1) is 0 Å². The zero-order valence-corrected chi connectivity index (χ0v) is 10.1. The minimum absolute atomic E-state index is 0.371. The second kappa shape index (κ2) is 6.16. The van der Waals surface area contributed by atoms with E-state index in [-0.39, 0.29) is 0 Å². The first-order valence-electron chi connectivity index (χ1n) is 5.96. The Hall–Kier alpha value is -1.88. The molecule has 1 aromatic rings. The molecule has 5 nitrogen and oxygen atoms in total. The average molecular weight is 248 g/mol. The van der Waals surface area contributed by atoms with E-state index in [9.17, 15) is 9.59 Å². The molecule has 0 aliphatic carbocycles. The van der Waals surface area contributed by atoms with Crippen molar-refractivity contribution in [3.63, 3.8) is 0 Å². The number of nitrogens with zero attached hydrogens (tertiary/aromatic N) is 1. The zero-order valence-electron chi connectivity index (χ0n) is 10.1. The van der Waals surface area contributed by atoms with Crippen molar-refractivity contribution >= 4 is 11.8 Å². The number of carbonyl (C=O) groups is 2. The molecule has 1 N–H and O–H groups in total. The third-order valence-electron chi connectivity index (χ3n) is 2.79. The van der Waals surface area contributed by atoms with Gasteiger partial charge in [-0.25, -0.2) is 0 Å². The molecule has 1 aliphatic rings. The molecule has 5 heteroatoms. The number of benzene rings is 1. The van der Waals surface area contributed by atoms with Gasteiger partial charge in [-0.2, -0.15) is 0 Å². The van der Waals surface area contributed by atoms with Crippen LogP contribution in [0.15, 0.2) is 30.3 Å². The fourth-order valence-corrected chi connectivity index (χ4v) is 1.76. The average Bonchev–Trinajstić information content (AvgIpc) is 2.46. The Labute approximate surface area is 106 Å². The molecule has 0 saturated carbocycles. The number of ether oxygens (including phenoxy) is 1. The molecule has 18 heavy (non-hydrogen) atoms. The standard InChI is InChI=1S/C13H16N2O3/c16-12(13(17)15-6-8-18-9-7-15)14-10-11-4-2-1-3-5-11/h1-5H,6-10H2,(H,14,16). The predicted molar refractivity (Wildman–Crippen MR) is 65.7 cm³/mol.